The highest BCUT2D eigenvalue weighted by atomic mass is 79.9. The first-order valence-electron chi connectivity index (χ1n) is 8.64. The first kappa shape index (κ1) is 20.2. The molecule has 0 N–H and O–H groups in total. The van der Waals surface area contributed by atoms with Crippen LogP contribution in [-0.4, -0.2) is 4.92 Å². The molecule has 0 saturated heterocycles. The highest BCUT2D eigenvalue weighted by Gasteiger charge is 2.12. The van der Waals surface area contributed by atoms with Gasteiger partial charge in [-0.05, 0) is 16.7 Å². The van der Waals surface area contributed by atoms with Crippen LogP contribution in [0, 0.1) is 10.1 Å². The maximum absolute atomic E-state index is 11.0. The molecule has 0 aliphatic rings. The largest absolute Gasteiger partial charge is 0.269 e. The van der Waals surface area contributed by atoms with Gasteiger partial charge in [0, 0.05) is 27.0 Å². The number of non-ortho nitro benzene ring substituents is 1. The molecule has 0 atom stereocenters. The Balaban J connectivity index is 2.02. The van der Waals surface area contributed by atoms with E-state index >= 15 is 0 Å². The zero-order chi connectivity index (χ0) is 19.9. The van der Waals surface area contributed by atoms with E-state index in [2.05, 4.69) is 44.0 Å². The van der Waals surface area contributed by atoms with E-state index < -0.39 is 0 Å². The van der Waals surface area contributed by atoms with E-state index in [1.54, 1.807) is 12.1 Å². The normalized spacial score (nSPS) is 12.2. The molecule has 0 aliphatic heterocycles. The van der Waals surface area contributed by atoms with Gasteiger partial charge in [-0.1, -0.05) is 117 Å². The maximum Gasteiger partial charge on any atom is 0.269 e. The molecular formula is C23H17Br2NO2. The van der Waals surface area contributed by atoms with Gasteiger partial charge < -0.3 is 0 Å². The van der Waals surface area contributed by atoms with E-state index in [4.69, 9.17) is 0 Å². The van der Waals surface area contributed by atoms with Gasteiger partial charge in [0.1, 0.15) is 0 Å². The van der Waals surface area contributed by atoms with Crippen LogP contribution in [0.25, 0.3) is 8.96 Å². The Morgan fingerprint density at radius 2 is 1.18 bits per heavy atom. The van der Waals surface area contributed by atoms with Gasteiger partial charge in [0.05, 0.1) is 4.92 Å². The summed E-state index contributed by atoms with van der Waals surface area (Å²) in [7, 11) is 0. The number of hydrogen-bond acceptors (Lipinski definition) is 2. The van der Waals surface area contributed by atoms with Crippen molar-refractivity contribution < 1.29 is 4.92 Å². The van der Waals surface area contributed by atoms with Crippen molar-refractivity contribution in [2.75, 3.05) is 0 Å². The molecular weight excluding hydrogens is 482 g/mol. The number of rotatable bonds is 6. The number of nitro groups is 1. The van der Waals surface area contributed by atoms with Gasteiger partial charge in [0.2, 0.25) is 0 Å². The lowest BCUT2D eigenvalue weighted by atomic mass is 9.96. The summed E-state index contributed by atoms with van der Waals surface area (Å²) >= 11 is 7.35. The van der Waals surface area contributed by atoms with Crippen LogP contribution < -0.4 is 0 Å². The summed E-state index contributed by atoms with van der Waals surface area (Å²) in [5.74, 6) is -0.0787. The van der Waals surface area contributed by atoms with Crippen molar-refractivity contribution in [1.82, 2.24) is 0 Å². The van der Waals surface area contributed by atoms with Gasteiger partial charge in [-0.3, -0.25) is 10.1 Å². The predicted molar refractivity (Wildman–Crippen MR) is 123 cm³/mol. The van der Waals surface area contributed by atoms with E-state index in [0.29, 0.717) is 0 Å². The Bertz CT molecular complexity index is 942. The summed E-state index contributed by atoms with van der Waals surface area (Å²) in [6.07, 6.45) is 4.20. The average Bonchev–Trinajstić information content (AvgIpc) is 2.74. The summed E-state index contributed by atoms with van der Waals surface area (Å²) in [4.78, 5) is 10.6. The second kappa shape index (κ2) is 9.62. The first-order valence-corrected chi connectivity index (χ1v) is 10.2. The molecule has 28 heavy (non-hydrogen) atoms. The predicted octanol–water partition coefficient (Wildman–Crippen LogP) is 7.55. The molecule has 5 heteroatoms. The van der Waals surface area contributed by atoms with Crippen LogP contribution >= 0.6 is 31.9 Å². The standard InChI is InChI=1S/C23H17Br2NO2/c24-22(18-7-3-1-4-8-18)15-20(16-23(25)19-9-5-2-6-10-19)17-11-13-21(14-12-17)26(27)28/h1-16,20H/b22-15-,23-16-. The van der Waals surface area contributed by atoms with E-state index in [9.17, 15) is 10.1 Å². The quantitative estimate of drug-likeness (QED) is 0.260. The van der Waals surface area contributed by atoms with Crippen LogP contribution in [0.15, 0.2) is 97.1 Å². The highest BCUT2D eigenvalue weighted by Crippen LogP contribution is 2.33. The molecule has 0 saturated carbocycles. The summed E-state index contributed by atoms with van der Waals surface area (Å²) in [6, 6.07) is 26.7. The van der Waals surface area contributed by atoms with Gasteiger partial charge in [0.25, 0.3) is 5.69 Å². The lowest BCUT2D eigenvalue weighted by Crippen LogP contribution is -1.95. The van der Waals surface area contributed by atoms with Gasteiger partial charge in [-0.15, -0.1) is 0 Å². The molecule has 140 valence electrons. The van der Waals surface area contributed by atoms with Crippen molar-refractivity contribution >= 4 is 46.5 Å². The molecule has 0 fully saturated rings. The SMILES string of the molecule is O=[N+]([O-])c1ccc(C(/C=C(\Br)c2ccccc2)/C=C(\Br)c2ccccc2)cc1. The first-order chi connectivity index (χ1) is 13.5. The lowest BCUT2D eigenvalue weighted by Gasteiger charge is -2.12. The summed E-state index contributed by atoms with van der Waals surface area (Å²) in [6.45, 7) is 0. The Kier molecular flexibility index (Phi) is 6.95. The zero-order valence-corrected chi connectivity index (χ0v) is 18.0. The fourth-order valence-electron chi connectivity index (χ4n) is 2.76. The Morgan fingerprint density at radius 1 is 0.750 bits per heavy atom. The van der Waals surface area contributed by atoms with E-state index in [1.807, 2.05) is 60.7 Å². The average molecular weight is 499 g/mol. The molecule has 3 aromatic rings. The van der Waals surface area contributed by atoms with Gasteiger partial charge in [0.15, 0.2) is 0 Å². The third-order valence-corrected chi connectivity index (χ3v) is 5.68. The molecule has 0 radical (unpaired) electrons. The smallest absolute Gasteiger partial charge is 0.258 e. The fourth-order valence-corrected chi connectivity index (χ4v) is 3.86. The van der Waals surface area contributed by atoms with Crippen molar-refractivity contribution in [2.24, 2.45) is 0 Å². The number of nitro benzene ring substituents is 1. The van der Waals surface area contributed by atoms with Crippen LogP contribution in [0.5, 0.6) is 0 Å². The Hall–Kier alpha value is -2.50. The molecule has 0 heterocycles. The Morgan fingerprint density at radius 3 is 1.57 bits per heavy atom. The monoisotopic (exact) mass is 497 g/mol. The second-order valence-electron chi connectivity index (χ2n) is 6.14. The molecule has 3 nitrogen and oxygen atoms in total. The van der Waals surface area contributed by atoms with Gasteiger partial charge in [-0.2, -0.15) is 0 Å². The molecule has 0 unspecified atom stereocenters. The van der Waals surface area contributed by atoms with Crippen LogP contribution in [0.1, 0.15) is 22.6 Å². The minimum Gasteiger partial charge on any atom is -0.258 e. The zero-order valence-electron chi connectivity index (χ0n) is 14.8. The van der Waals surface area contributed by atoms with Gasteiger partial charge in [-0.25, -0.2) is 0 Å². The lowest BCUT2D eigenvalue weighted by molar-refractivity contribution is -0.384. The van der Waals surface area contributed by atoms with Crippen LogP contribution in [0.4, 0.5) is 5.69 Å². The summed E-state index contributed by atoms with van der Waals surface area (Å²) in [5.41, 5.74) is 3.18. The molecule has 0 spiro atoms. The van der Waals surface area contributed by atoms with Crippen LogP contribution in [-0.2, 0) is 0 Å². The molecule has 0 amide bonds. The molecule has 0 bridgehead atoms. The summed E-state index contributed by atoms with van der Waals surface area (Å²) < 4.78 is 1.92. The van der Waals surface area contributed by atoms with Crippen LogP contribution in [0.2, 0.25) is 0 Å². The molecule has 3 aromatic carbocycles. The topological polar surface area (TPSA) is 43.1 Å². The maximum atomic E-state index is 11.0. The number of halogens is 2. The minimum atomic E-state index is -0.385. The number of allylic oxidation sites excluding steroid dienone is 2. The van der Waals surface area contributed by atoms with E-state index in [1.165, 1.54) is 12.1 Å². The molecule has 0 aromatic heterocycles. The molecule has 3 rings (SSSR count). The third-order valence-electron chi connectivity index (χ3n) is 4.24. The van der Waals surface area contributed by atoms with Crippen molar-refractivity contribution in [3.63, 3.8) is 0 Å². The summed E-state index contributed by atoms with van der Waals surface area (Å²) in [5, 5.41) is 11.0. The fraction of sp³-hybridized carbons (Fsp3) is 0.0435. The van der Waals surface area contributed by atoms with Crippen molar-refractivity contribution in [1.29, 1.82) is 0 Å². The number of nitrogens with zero attached hydrogens (tertiary/aromatic N) is 1. The third kappa shape index (κ3) is 5.27. The second-order valence-corrected chi connectivity index (χ2v) is 7.84. The van der Waals surface area contributed by atoms with Crippen LogP contribution in [0.3, 0.4) is 0 Å². The van der Waals surface area contributed by atoms with Crippen molar-refractivity contribution in [2.45, 2.75) is 5.92 Å². The highest BCUT2D eigenvalue weighted by molar-refractivity contribution is 9.15. The van der Waals surface area contributed by atoms with Gasteiger partial charge >= 0.3 is 0 Å². The van der Waals surface area contributed by atoms with E-state index in [0.717, 1.165) is 25.7 Å². The number of benzene rings is 3. The van der Waals surface area contributed by atoms with Crippen molar-refractivity contribution in [3.05, 3.63) is 124 Å². The minimum absolute atomic E-state index is 0.0787. The number of hydrogen-bond donors (Lipinski definition) is 0. The van der Waals surface area contributed by atoms with E-state index in [-0.39, 0.29) is 16.5 Å². The van der Waals surface area contributed by atoms with Crippen molar-refractivity contribution in [3.8, 4) is 0 Å². The molecule has 0 aliphatic carbocycles. The Labute approximate surface area is 180 Å².